The van der Waals surface area contributed by atoms with E-state index < -0.39 is 29.6 Å². The molecule has 5 rings (SSSR count). The van der Waals surface area contributed by atoms with Crippen LogP contribution in [-0.2, 0) is 25.8 Å². The number of rotatable bonds is 10. The second-order valence-corrected chi connectivity index (χ2v) is 10.9. The fraction of sp³-hybridized carbons (Fsp3) is 0.625. The zero-order chi connectivity index (χ0) is 25.4. The Morgan fingerprint density at radius 3 is 2.78 bits per heavy atom. The summed E-state index contributed by atoms with van der Waals surface area (Å²) < 4.78 is 8.02. The zero-order valence-electron chi connectivity index (χ0n) is 20.1. The van der Waals surface area contributed by atoms with E-state index in [0.29, 0.717) is 25.8 Å². The van der Waals surface area contributed by atoms with Crippen molar-refractivity contribution in [1.29, 1.82) is 0 Å². The van der Waals surface area contributed by atoms with Gasteiger partial charge in [0.1, 0.15) is 23.8 Å². The minimum Gasteiger partial charge on any atom is -0.396 e. The SMILES string of the molecule is CNC(=O)[C@H]1[C@@H]2OC3(CC2Br)C(C(=O)NCn2nnc4ccccc42)N(CCCCCCO)C(=O)[C@H]13. The Hall–Kier alpha value is -2.57. The third-order valence-corrected chi connectivity index (χ3v) is 8.56. The van der Waals surface area contributed by atoms with Gasteiger partial charge in [0, 0.05) is 25.0 Å². The number of likely N-dealkylation sites (tertiary alicyclic amines) is 1. The van der Waals surface area contributed by atoms with Crippen LogP contribution < -0.4 is 10.6 Å². The van der Waals surface area contributed by atoms with E-state index in [1.165, 1.54) is 0 Å². The van der Waals surface area contributed by atoms with Crippen LogP contribution in [0.4, 0.5) is 0 Å². The molecule has 3 saturated heterocycles. The molecule has 2 aromatic rings. The second-order valence-electron chi connectivity index (χ2n) is 9.72. The molecule has 0 saturated carbocycles. The topological polar surface area (TPSA) is 139 Å². The van der Waals surface area contributed by atoms with Crippen molar-refractivity contribution in [3.05, 3.63) is 24.3 Å². The zero-order valence-corrected chi connectivity index (χ0v) is 21.7. The predicted molar refractivity (Wildman–Crippen MR) is 133 cm³/mol. The van der Waals surface area contributed by atoms with Crippen LogP contribution in [0.5, 0.6) is 0 Å². The molecule has 1 spiro atoms. The number of aromatic nitrogens is 3. The van der Waals surface area contributed by atoms with Crippen LogP contribution in [0.25, 0.3) is 11.0 Å². The number of nitrogens with one attached hydrogen (secondary N) is 2. The van der Waals surface area contributed by atoms with Crippen molar-refractivity contribution in [3.63, 3.8) is 0 Å². The molecule has 3 fully saturated rings. The maximum absolute atomic E-state index is 13.8. The Morgan fingerprint density at radius 1 is 1.22 bits per heavy atom. The van der Waals surface area contributed by atoms with E-state index >= 15 is 0 Å². The summed E-state index contributed by atoms with van der Waals surface area (Å²) in [6, 6.07) is 6.61. The molecular formula is C24H31BrN6O5. The van der Waals surface area contributed by atoms with Gasteiger partial charge in [-0.3, -0.25) is 14.4 Å². The molecule has 0 aliphatic carbocycles. The van der Waals surface area contributed by atoms with Crippen LogP contribution in [0.3, 0.4) is 0 Å². The number of unbranched alkanes of at least 4 members (excludes halogenated alkanes) is 3. The number of alkyl halides is 1. The summed E-state index contributed by atoms with van der Waals surface area (Å²) in [6.07, 6.45) is 3.05. The number of aliphatic hydroxyl groups excluding tert-OH is 1. The number of carbonyl (C=O) groups excluding carboxylic acids is 3. The number of benzene rings is 1. The quantitative estimate of drug-likeness (QED) is 0.284. The number of hydrogen-bond acceptors (Lipinski definition) is 7. The molecule has 3 aliphatic heterocycles. The highest BCUT2D eigenvalue weighted by atomic mass is 79.9. The van der Waals surface area contributed by atoms with Crippen molar-refractivity contribution < 1.29 is 24.2 Å². The van der Waals surface area contributed by atoms with Gasteiger partial charge in [-0.1, -0.05) is 46.1 Å². The van der Waals surface area contributed by atoms with Crippen LogP contribution in [0.1, 0.15) is 32.1 Å². The van der Waals surface area contributed by atoms with Crippen molar-refractivity contribution >= 4 is 44.7 Å². The highest BCUT2D eigenvalue weighted by Crippen LogP contribution is 2.59. The average molecular weight is 563 g/mol. The number of para-hydroxylation sites is 1. The first kappa shape index (κ1) is 25.1. The summed E-state index contributed by atoms with van der Waals surface area (Å²) in [5, 5.41) is 22.9. The molecular weight excluding hydrogens is 532 g/mol. The van der Waals surface area contributed by atoms with Gasteiger partial charge in [-0.05, 0) is 31.4 Å². The molecule has 3 unspecified atom stereocenters. The van der Waals surface area contributed by atoms with Gasteiger partial charge in [-0.15, -0.1) is 5.10 Å². The van der Waals surface area contributed by atoms with Crippen molar-refractivity contribution in [2.75, 3.05) is 20.2 Å². The van der Waals surface area contributed by atoms with Crippen LogP contribution in [0, 0.1) is 11.8 Å². The number of hydrogen-bond donors (Lipinski definition) is 3. The summed E-state index contributed by atoms with van der Waals surface area (Å²) in [4.78, 5) is 41.8. The lowest BCUT2D eigenvalue weighted by Gasteiger charge is -2.34. The van der Waals surface area contributed by atoms with Crippen molar-refractivity contribution in [2.45, 2.75) is 61.3 Å². The van der Waals surface area contributed by atoms with Crippen LogP contribution in [-0.4, -0.2) is 85.5 Å². The van der Waals surface area contributed by atoms with E-state index in [-0.39, 0.29) is 35.8 Å². The molecule has 3 N–H and O–H groups in total. The third kappa shape index (κ3) is 3.99. The Labute approximate surface area is 217 Å². The normalized spacial score (nSPS) is 30.7. The minimum absolute atomic E-state index is 0.0924. The lowest BCUT2D eigenvalue weighted by Crippen LogP contribution is -2.56. The lowest BCUT2D eigenvalue weighted by atomic mass is 9.70. The molecule has 194 valence electrons. The van der Waals surface area contributed by atoms with Gasteiger partial charge >= 0.3 is 0 Å². The van der Waals surface area contributed by atoms with Crippen molar-refractivity contribution in [3.8, 4) is 0 Å². The number of amides is 3. The monoisotopic (exact) mass is 562 g/mol. The van der Waals surface area contributed by atoms with Gasteiger partial charge in [-0.25, -0.2) is 4.68 Å². The molecule has 6 atom stereocenters. The molecule has 0 radical (unpaired) electrons. The molecule has 4 heterocycles. The van der Waals surface area contributed by atoms with E-state index in [0.717, 1.165) is 23.9 Å². The van der Waals surface area contributed by atoms with E-state index in [1.807, 2.05) is 24.3 Å². The summed E-state index contributed by atoms with van der Waals surface area (Å²) in [5.74, 6) is -2.16. The Bertz CT molecular complexity index is 1160. The molecule has 1 aromatic carbocycles. The van der Waals surface area contributed by atoms with Gasteiger partial charge in [0.25, 0.3) is 0 Å². The van der Waals surface area contributed by atoms with E-state index in [4.69, 9.17) is 9.84 Å². The number of ether oxygens (including phenoxy) is 1. The molecule has 36 heavy (non-hydrogen) atoms. The standard InChI is InChI=1S/C24H31BrN6O5/c1-26-21(33)17-18-23(35)30(10-6-2-3-7-11-32)20(24(18)12-14(25)19(17)36-24)22(34)27-13-31-16-9-5-4-8-15(16)28-29-31/h4-5,8-9,14,17-20,32H,2-3,6-7,10-13H2,1H3,(H,26,33)(H,27,34)/t14?,17-,18+,19-,20?,24?/m1/s1. The van der Waals surface area contributed by atoms with Crippen LogP contribution in [0.2, 0.25) is 0 Å². The molecule has 1 aromatic heterocycles. The predicted octanol–water partition coefficient (Wildman–Crippen LogP) is 0.552. The molecule has 11 nitrogen and oxygen atoms in total. The first-order valence-corrected chi connectivity index (χ1v) is 13.3. The maximum Gasteiger partial charge on any atom is 0.247 e. The minimum atomic E-state index is -1.08. The molecule has 2 bridgehead atoms. The van der Waals surface area contributed by atoms with E-state index in [2.05, 4.69) is 36.9 Å². The van der Waals surface area contributed by atoms with Gasteiger partial charge < -0.3 is 25.4 Å². The Kier molecular flexibility index (Phi) is 7.01. The lowest BCUT2D eigenvalue weighted by molar-refractivity contribution is -0.142. The average Bonchev–Trinajstić information content (AvgIpc) is 3.59. The van der Waals surface area contributed by atoms with Crippen LogP contribution in [0.15, 0.2) is 24.3 Å². The number of aliphatic hydroxyl groups is 1. The fourth-order valence-corrected chi connectivity index (χ4v) is 7.11. The molecule has 3 amide bonds. The van der Waals surface area contributed by atoms with Gasteiger partial charge in [0.15, 0.2) is 0 Å². The number of fused-ring (bicyclic) bond motifs is 2. The smallest absolute Gasteiger partial charge is 0.247 e. The van der Waals surface area contributed by atoms with Gasteiger partial charge in [0.2, 0.25) is 17.7 Å². The number of halogens is 1. The van der Waals surface area contributed by atoms with Gasteiger partial charge in [0.05, 0.1) is 23.5 Å². The summed E-state index contributed by atoms with van der Waals surface area (Å²) in [7, 11) is 1.55. The van der Waals surface area contributed by atoms with Crippen LogP contribution >= 0.6 is 15.9 Å². The first-order valence-electron chi connectivity index (χ1n) is 12.4. The van der Waals surface area contributed by atoms with E-state index in [9.17, 15) is 14.4 Å². The van der Waals surface area contributed by atoms with Gasteiger partial charge in [-0.2, -0.15) is 0 Å². The highest BCUT2D eigenvalue weighted by molar-refractivity contribution is 9.09. The van der Waals surface area contributed by atoms with Crippen molar-refractivity contribution in [1.82, 2.24) is 30.5 Å². The Morgan fingerprint density at radius 2 is 2.00 bits per heavy atom. The molecule has 3 aliphatic rings. The summed E-state index contributed by atoms with van der Waals surface area (Å²) >= 11 is 3.65. The largest absolute Gasteiger partial charge is 0.396 e. The number of nitrogens with zero attached hydrogens (tertiary/aromatic N) is 4. The summed E-state index contributed by atoms with van der Waals surface area (Å²) in [6.45, 7) is 0.606. The van der Waals surface area contributed by atoms with E-state index in [1.54, 1.807) is 16.6 Å². The highest BCUT2D eigenvalue weighted by Gasteiger charge is 2.76. The molecule has 12 heteroatoms. The third-order valence-electron chi connectivity index (χ3n) is 7.72. The maximum atomic E-state index is 13.8. The first-order chi connectivity index (χ1) is 17.4. The number of carbonyl (C=O) groups is 3. The van der Waals surface area contributed by atoms with Crippen molar-refractivity contribution in [2.24, 2.45) is 11.8 Å². The Balaban J connectivity index is 1.41. The fourth-order valence-electron chi connectivity index (χ4n) is 6.17. The summed E-state index contributed by atoms with van der Waals surface area (Å²) in [5.41, 5.74) is 0.432. The second kappa shape index (κ2) is 10.1.